The van der Waals surface area contributed by atoms with Gasteiger partial charge in [0.1, 0.15) is 0 Å². The monoisotopic (exact) mass is 379 g/mol. The van der Waals surface area contributed by atoms with Crippen molar-refractivity contribution in [2.45, 2.75) is 31.2 Å². The number of anilines is 1. The predicted octanol–water partition coefficient (Wildman–Crippen LogP) is 4.07. The van der Waals surface area contributed by atoms with Gasteiger partial charge >= 0.3 is 0 Å². The molecule has 2 saturated carbocycles. The lowest BCUT2D eigenvalue weighted by Crippen LogP contribution is -2.14. The van der Waals surface area contributed by atoms with Crippen molar-refractivity contribution in [1.29, 1.82) is 0 Å². The summed E-state index contributed by atoms with van der Waals surface area (Å²) < 4.78 is 1.88. The van der Waals surface area contributed by atoms with Gasteiger partial charge in [-0.15, -0.1) is 5.10 Å². The molecule has 2 aliphatic rings. The van der Waals surface area contributed by atoms with Crippen LogP contribution in [-0.4, -0.2) is 26.1 Å². The Morgan fingerprint density at radius 1 is 1.11 bits per heavy atom. The second kappa shape index (κ2) is 6.46. The third-order valence-corrected chi connectivity index (χ3v) is 5.57. The maximum absolute atomic E-state index is 12.5. The van der Waals surface area contributed by atoms with Crippen LogP contribution in [0.4, 0.5) is 5.69 Å². The quantitative estimate of drug-likeness (QED) is 0.725. The van der Waals surface area contributed by atoms with E-state index in [-0.39, 0.29) is 17.7 Å². The van der Waals surface area contributed by atoms with E-state index in [2.05, 4.69) is 20.8 Å². The Balaban J connectivity index is 1.26. The van der Waals surface area contributed by atoms with Gasteiger partial charge in [0, 0.05) is 22.2 Å². The molecule has 0 aliphatic heterocycles. The van der Waals surface area contributed by atoms with Crippen molar-refractivity contribution in [3.8, 4) is 11.4 Å². The number of nitrogens with zero attached hydrogens (tertiary/aromatic N) is 4. The smallest absolute Gasteiger partial charge is 0.228 e. The zero-order valence-electron chi connectivity index (χ0n) is 14.5. The molecule has 1 amide bonds. The lowest BCUT2D eigenvalue weighted by atomic mass is 10.1. The van der Waals surface area contributed by atoms with E-state index in [1.807, 2.05) is 53.2 Å². The SMILES string of the molecule is O=C(Nc1ccc(-c2nnnn2C2CC2)cc1)C1CC1c1ccccc1Cl. The normalized spacial score (nSPS) is 21.1. The molecule has 0 spiro atoms. The fraction of sp³-hybridized carbons (Fsp3) is 0.300. The number of tetrazole rings is 1. The number of aromatic nitrogens is 4. The first-order valence-electron chi connectivity index (χ1n) is 9.14. The van der Waals surface area contributed by atoms with Gasteiger partial charge in [-0.1, -0.05) is 29.8 Å². The third kappa shape index (κ3) is 3.21. The Labute approximate surface area is 161 Å². The largest absolute Gasteiger partial charge is 0.326 e. The van der Waals surface area contributed by atoms with Crippen molar-refractivity contribution in [3.05, 3.63) is 59.1 Å². The minimum absolute atomic E-state index is 0.0215. The molecule has 5 rings (SSSR count). The van der Waals surface area contributed by atoms with Crippen LogP contribution in [0.2, 0.25) is 5.02 Å². The van der Waals surface area contributed by atoms with Crippen molar-refractivity contribution in [2.75, 3.05) is 5.32 Å². The highest BCUT2D eigenvalue weighted by molar-refractivity contribution is 6.31. The van der Waals surface area contributed by atoms with Gasteiger partial charge in [0.15, 0.2) is 5.82 Å². The van der Waals surface area contributed by atoms with Crippen LogP contribution in [0, 0.1) is 5.92 Å². The van der Waals surface area contributed by atoms with Gasteiger partial charge in [0.2, 0.25) is 5.91 Å². The molecule has 2 unspecified atom stereocenters. The summed E-state index contributed by atoms with van der Waals surface area (Å²) in [6, 6.07) is 15.8. The average Bonchev–Trinajstić information content (AvgIpc) is 3.61. The molecular formula is C20H18ClN5O. The van der Waals surface area contributed by atoms with Crippen LogP contribution >= 0.6 is 11.6 Å². The van der Waals surface area contributed by atoms with Gasteiger partial charge in [0.05, 0.1) is 6.04 Å². The van der Waals surface area contributed by atoms with Crippen molar-refractivity contribution in [3.63, 3.8) is 0 Å². The van der Waals surface area contributed by atoms with Gasteiger partial charge in [-0.05, 0) is 71.5 Å². The van der Waals surface area contributed by atoms with Gasteiger partial charge in [-0.3, -0.25) is 4.79 Å². The number of carbonyl (C=O) groups is 1. The molecule has 136 valence electrons. The van der Waals surface area contributed by atoms with Crippen LogP contribution in [0.1, 0.15) is 36.8 Å². The van der Waals surface area contributed by atoms with Crippen LogP contribution in [-0.2, 0) is 4.79 Å². The summed E-state index contributed by atoms with van der Waals surface area (Å²) in [6.45, 7) is 0. The third-order valence-electron chi connectivity index (χ3n) is 5.23. The molecule has 1 N–H and O–H groups in total. The van der Waals surface area contributed by atoms with Crippen LogP contribution in [0.25, 0.3) is 11.4 Å². The number of hydrogen-bond donors (Lipinski definition) is 1. The van der Waals surface area contributed by atoms with E-state index in [1.54, 1.807) is 0 Å². The summed E-state index contributed by atoms with van der Waals surface area (Å²) in [4.78, 5) is 12.5. The standard InChI is InChI=1S/C20H18ClN5O/c21-18-4-2-1-3-15(18)16-11-17(16)20(27)22-13-7-5-12(6-8-13)19-23-24-25-26(19)14-9-10-14/h1-8,14,16-17H,9-11H2,(H,22,27). The molecule has 0 radical (unpaired) electrons. The minimum atomic E-state index is -0.0215. The van der Waals surface area contributed by atoms with E-state index in [0.29, 0.717) is 6.04 Å². The lowest BCUT2D eigenvalue weighted by molar-refractivity contribution is -0.117. The summed E-state index contributed by atoms with van der Waals surface area (Å²) in [5, 5.41) is 15.7. The Morgan fingerprint density at radius 3 is 2.63 bits per heavy atom. The summed E-state index contributed by atoms with van der Waals surface area (Å²) in [7, 11) is 0. The Bertz CT molecular complexity index is 996. The second-order valence-electron chi connectivity index (χ2n) is 7.22. The van der Waals surface area contributed by atoms with E-state index in [4.69, 9.17) is 11.6 Å². The Kier molecular flexibility index (Phi) is 3.93. The number of benzene rings is 2. The first-order chi connectivity index (χ1) is 13.2. The highest BCUT2D eigenvalue weighted by Crippen LogP contribution is 2.50. The number of amides is 1. The predicted molar refractivity (Wildman–Crippen MR) is 102 cm³/mol. The summed E-state index contributed by atoms with van der Waals surface area (Å²) >= 11 is 6.25. The number of rotatable bonds is 5. The van der Waals surface area contributed by atoms with Crippen LogP contribution < -0.4 is 5.32 Å². The van der Waals surface area contributed by atoms with Gasteiger partial charge < -0.3 is 5.32 Å². The highest BCUT2D eigenvalue weighted by Gasteiger charge is 2.44. The van der Waals surface area contributed by atoms with Crippen molar-refractivity contribution in [1.82, 2.24) is 20.2 Å². The van der Waals surface area contributed by atoms with E-state index >= 15 is 0 Å². The summed E-state index contributed by atoms with van der Waals surface area (Å²) in [5.74, 6) is 1.000. The average molecular weight is 380 g/mol. The van der Waals surface area contributed by atoms with Crippen LogP contribution in [0.3, 0.4) is 0 Å². The molecule has 7 heteroatoms. The molecule has 27 heavy (non-hydrogen) atoms. The molecule has 0 bridgehead atoms. The fourth-order valence-electron chi connectivity index (χ4n) is 3.49. The molecular weight excluding hydrogens is 362 g/mol. The maximum Gasteiger partial charge on any atom is 0.228 e. The Morgan fingerprint density at radius 2 is 1.89 bits per heavy atom. The molecule has 2 aliphatic carbocycles. The van der Waals surface area contributed by atoms with E-state index in [1.165, 1.54) is 0 Å². The summed E-state index contributed by atoms with van der Waals surface area (Å²) in [5.41, 5.74) is 2.78. The van der Waals surface area contributed by atoms with Crippen LogP contribution in [0.5, 0.6) is 0 Å². The number of nitrogens with one attached hydrogen (secondary N) is 1. The lowest BCUT2D eigenvalue weighted by Gasteiger charge is -2.07. The number of hydrogen-bond acceptors (Lipinski definition) is 4. The molecule has 2 fully saturated rings. The zero-order valence-corrected chi connectivity index (χ0v) is 15.3. The van der Waals surface area contributed by atoms with Gasteiger partial charge in [-0.25, -0.2) is 4.68 Å². The molecule has 3 aromatic rings. The molecule has 1 heterocycles. The van der Waals surface area contributed by atoms with Crippen molar-refractivity contribution >= 4 is 23.2 Å². The van der Waals surface area contributed by atoms with E-state index < -0.39 is 0 Å². The minimum Gasteiger partial charge on any atom is -0.326 e. The molecule has 6 nitrogen and oxygen atoms in total. The first-order valence-corrected chi connectivity index (χ1v) is 9.52. The zero-order chi connectivity index (χ0) is 18.4. The Hall–Kier alpha value is -2.73. The van der Waals surface area contributed by atoms with E-state index in [9.17, 15) is 4.79 Å². The molecule has 1 aromatic heterocycles. The number of halogens is 1. The van der Waals surface area contributed by atoms with Crippen molar-refractivity contribution in [2.24, 2.45) is 5.92 Å². The molecule has 0 saturated heterocycles. The van der Waals surface area contributed by atoms with E-state index in [0.717, 1.165) is 46.9 Å². The number of carbonyl (C=O) groups excluding carboxylic acids is 1. The van der Waals surface area contributed by atoms with Gasteiger partial charge in [-0.2, -0.15) is 0 Å². The fourth-order valence-corrected chi connectivity index (χ4v) is 3.77. The van der Waals surface area contributed by atoms with Gasteiger partial charge in [0.25, 0.3) is 0 Å². The molecule has 2 atom stereocenters. The topological polar surface area (TPSA) is 72.7 Å². The van der Waals surface area contributed by atoms with Crippen molar-refractivity contribution < 1.29 is 4.79 Å². The summed E-state index contributed by atoms with van der Waals surface area (Å²) in [6.07, 6.45) is 3.09. The molecule has 2 aromatic carbocycles. The first kappa shape index (κ1) is 16.4. The maximum atomic E-state index is 12.5. The second-order valence-corrected chi connectivity index (χ2v) is 7.62. The highest BCUT2D eigenvalue weighted by atomic mass is 35.5. The van der Waals surface area contributed by atoms with Crippen LogP contribution in [0.15, 0.2) is 48.5 Å².